The number of fused-ring (bicyclic) bond motifs is 1. The maximum atomic E-state index is 12.8. The number of hydrogen-bond donors (Lipinski definition) is 1. The SMILES string of the molecule is Cc1cccc(-c2cnccc2NC(=O)c2cnn3cccnc23)c1C. The van der Waals surface area contributed by atoms with E-state index in [2.05, 4.69) is 40.3 Å². The fourth-order valence-corrected chi connectivity index (χ4v) is 2.94. The van der Waals surface area contributed by atoms with E-state index in [4.69, 9.17) is 0 Å². The summed E-state index contributed by atoms with van der Waals surface area (Å²) in [5.41, 5.74) is 5.93. The first-order valence-corrected chi connectivity index (χ1v) is 8.25. The second-order valence-electron chi connectivity index (χ2n) is 6.07. The van der Waals surface area contributed by atoms with E-state index in [0.29, 0.717) is 16.9 Å². The third-order valence-electron chi connectivity index (χ3n) is 4.49. The monoisotopic (exact) mass is 343 g/mol. The molecular weight excluding hydrogens is 326 g/mol. The lowest BCUT2D eigenvalue weighted by atomic mass is 9.97. The summed E-state index contributed by atoms with van der Waals surface area (Å²) in [7, 11) is 0. The number of aryl methyl sites for hydroxylation is 1. The van der Waals surface area contributed by atoms with Gasteiger partial charge in [-0.05, 0) is 42.7 Å². The van der Waals surface area contributed by atoms with Gasteiger partial charge in [0.2, 0.25) is 0 Å². The standard InChI is InChI=1S/C20H17N5O/c1-13-5-3-6-15(14(13)2)16-11-21-9-7-18(16)24-20(26)17-12-23-25-10-4-8-22-19(17)25/h3-12H,1-2H3,(H,21,24,26). The molecule has 0 aliphatic carbocycles. The molecule has 0 atom stereocenters. The van der Waals surface area contributed by atoms with Crippen LogP contribution in [0, 0.1) is 13.8 Å². The second kappa shape index (κ2) is 6.40. The molecule has 0 spiro atoms. The summed E-state index contributed by atoms with van der Waals surface area (Å²) in [4.78, 5) is 21.3. The first kappa shape index (κ1) is 16.0. The van der Waals surface area contributed by atoms with E-state index in [1.807, 2.05) is 12.1 Å². The highest BCUT2D eigenvalue weighted by atomic mass is 16.1. The summed E-state index contributed by atoms with van der Waals surface area (Å²) in [5, 5.41) is 7.15. The number of hydrogen-bond acceptors (Lipinski definition) is 4. The van der Waals surface area contributed by atoms with Gasteiger partial charge in [-0.1, -0.05) is 18.2 Å². The fourth-order valence-electron chi connectivity index (χ4n) is 2.94. The predicted octanol–water partition coefficient (Wildman–Crippen LogP) is 3.66. The molecule has 4 aromatic rings. The predicted molar refractivity (Wildman–Crippen MR) is 100 cm³/mol. The normalized spacial score (nSPS) is 10.8. The lowest BCUT2D eigenvalue weighted by Gasteiger charge is -2.13. The quantitative estimate of drug-likeness (QED) is 0.616. The highest BCUT2D eigenvalue weighted by molar-refractivity contribution is 6.09. The molecule has 1 amide bonds. The van der Waals surface area contributed by atoms with Gasteiger partial charge in [-0.15, -0.1) is 0 Å². The van der Waals surface area contributed by atoms with E-state index < -0.39 is 0 Å². The van der Waals surface area contributed by atoms with E-state index in [1.54, 1.807) is 41.4 Å². The minimum absolute atomic E-state index is 0.253. The van der Waals surface area contributed by atoms with E-state index in [1.165, 1.54) is 11.8 Å². The third kappa shape index (κ3) is 2.71. The smallest absolute Gasteiger partial charge is 0.261 e. The van der Waals surface area contributed by atoms with Crippen molar-refractivity contribution in [3.8, 4) is 11.1 Å². The van der Waals surface area contributed by atoms with Crippen molar-refractivity contribution >= 4 is 17.2 Å². The highest BCUT2D eigenvalue weighted by Crippen LogP contribution is 2.31. The van der Waals surface area contributed by atoms with Gasteiger partial charge in [0.1, 0.15) is 5.56 Å². The second-order valence-corrected chi connectivity index (χ2v) is 6.07. The molecular formula is C20H17N5O. The number of carbonyl (C=O) groups is 1. The molecule has 26 heavy (non-hydrogen) atoms. The van der Waals surface area contributed by atoms with Crippen LogP contribution in [0.4, 0.5) is 5.69 Å². The maximum Gasteiger partial charge on any atom is 0.261 e. The van der Waals surface area contributed by atoms with Crippen molar-refractivity contribution in [2.75, 3.05) is 5.32 Å². The van der Waals surface area contributed by atoms with Gasteiger partial charge < -0.3 is 5.32 Å². The van der Waals surface area contributed by atoms with Crippen molar-refractivity contribution in [1.82, 2.24) is 19.6 Å². The van der Waals surface area contributed by atoms with Crippen molar-refractivity contribution in [2.45, 2.75) is 13.8 Å². The molecule has 0 bridgehead atoms. The van der Waals surface area contributed by atoms with E-state index in [0.717, 1.165) is 16.7 Å². The summed E-state index contributed by atoms with van der Waals surface area (Å²) < 4.78 is 1.58. The van der Waals surface area contributed by atoms with Crippen LogP contribution < -0.4 is 5.32 Å². The van der Waals surface area contributed by atoms with Crippen LogP contribution in [0.1, 0.15) is 21.5 Å². The molecule has 1 N–H and O–H groups in total. The molecule has 0 aliphatic rings. The van der Waals surface area contributed by atoms with Crippen molar-refractivity contribution in [3.63, 3.8) is 0 Å². The molecule has 6 nitrogen and oxygen atoms in total. The number of nitrogens with zero attached hydrogens (tertiary/aromatic N) is 4. The number of rotatable bonds is 3. The van der Waals surface area contributed by atoms with Crippen molar-refractivity contribution in [1.29, 1.82) is 0 Å². The number of benzene rings is 1. The molecule has 128 valence electrons. The Morgan fingerprint density at radius 1 is 1.04 bits per heavy atom. The average Bonchev–Trinajstić information content (AvgIpc) is 3.09. The lowest BCUT2D eigenvalue weighted by Crippen LogP contribution is -2.13. The molecule has 0 saturated carbocycles. The van der Waals surface area contributed by atoms with Gasteiger partial charge in [-0.25, -0.2) is 9.50 Å². The number of nitrogens with one attached hydrogen (secondary N) is 1. The first-order valence-electron chi connectivity index (χ1n) is 8.25. The Morgan fingerprint density at radius 3 is 2.81 bits per heavy atom. The molecule has 0 fully saturated rings. The molecule has 0 unspecified atom stereocenters. The number of aromatic nitrogens is 4. The molecule has 3 heterocycles. The maximum absolute atomic E-state index is 12.8. The van der Waals surface area contributed by atoms with E-state index in [9.17, 15) is 4.79 Å². The number of carbonyl (C=O) groups excluding carboxylic acids is 1. The zero-order chi connectivity index (χ0) is 18.1. The van der Waals surface area contributed by atoms with Gasteiger partial charge in [0.05, 0.1) is 11.9 Å². The van der Waals surface area contributed by atoms with Crippen LogP contribution in [0.3, 0.4) is 0 Å². The van der Waals surface area contributed by atoms with Crippen LogP contribution in [-0.4, -0.2) is 25.5 Å². The van der Waals surface area contributed by atoms with Crippen molar-refractivity contribution in [2.24, 2.45) is 0 Å². The molecule has 6 heteroatoms. The van der Waals surface area contributed by atoms with Gasteiger partial charge in [0.15, 0.2) is 5.65 Å². The molecule has 0 radical (unpaired) electrons. The zero-order valence-electron chi connectivity index (χ0n) is 14.5. The summed E-state index contributed by atoms with van der Waals surface area (Å²) in [6.45, 7) is 4.14. The Balaban J connectivity index is 1.73. The lowest BCUT2D eigenvalue weighted by molar-refractivity contribution is 0.102. The Hall–Kier alpha value is -3.54. The zero-order valence-corrected chi connectivity index (χ0v) is 14.5. The third-order valence-corrected chi connectivity index (χ3v) is 4.49. The summed E-state index contributed by atoms with van der Waals surface area (Å²) >= 11 is 0. The molecule has 1 aromatic carbocycles. The minimum Gasteiger partial charge on any atom is -0.321 e. The number of amides is 1. The van der Waals surface area contributed by atoms with Crippen LogP contribution >= 0.6 is 0 Å². The van der Waals surface area contributed by atoms with Crippen LogP contribution in [-0.2, 0) is 0 Å². The summed E-state index contributed by atoms with van der Waals surface area (Å²) in [5.74, 6) is -0.253. The molecule has 0 aliphatic heterocycles. The van der Waals surface area contributed by atoms with Crippen LogP contribution in [0.25, 0.3) is 16.8 Å². The average molecular weight is 343 g/mol. The summed E-state index contributed by atoms with van der Waals surface area (Å²) in [6.07, 6.45) is 8.36. The van der Waals surface area contributed by atoms with Gasteiger partial charge in [-0.3, -0.25) is 9.78 Å². The Bertz CT molecular complexity index is 1120. The van der Waals surface area contributed by atoms with E-state index in [-0.39, 0.29) is 5.91 Å². The number of pyridine rings is 1. The van der Waals surface area contributed by atoms with Gasteiger partial charge >= 0.3 is 0 Å². The summed E-state index contributed by atoms with van der Waals surface area (Å²) in [6, 6.07) is 9.67. The van der Waals surface area contributed by atoms with Gasteiger partial charge in [0, 0.05) is 30.4 Å². The van der Waals surface area contributed by atoms with Gasteiger partial charge in [0.25, 0.3) is 5.91 Å². The Labute approximate surface area is 150 Å². The first-order chi connectivity index (χ1) is 12.6. The fraction of sp³-hybridized carbons (Fsp3) is 0.100. The Kier molecular flexibility index (Phi) is 3.93. The minimum atomic E-state index is -0.253. The van der Waals surface area contributed by atoms with Crippen LogP contribution in [0.2, 0.25) is 0 Å². The Morgan fingerprint density at radius 2 is 1.92 bits per heavy atom. The van der Waals surface area contributed by atoms with Crippen molar-refractivity contribution in [3.05, 3.63) is 78.0 Å². The highest BCUT2D eigenvalue weighted by Gasteiger charge is 2.16. The van der Waals surface area contributed by atoms with E-state index >= 15 is 0 Å². The number of anilines is 1. The molecule has 0 saturated heterocycles. The van der Waals surface area contributed by atoms with Crippen LogP contribution in [0.15, 0.2) is 61.3 Å². The molecule has 4 rings (SSSR count). The van der Waals surface area contributed by atoms with Gasteiger partial charge in [-0.2, -0.15) is 5.10 Å². The van der Waals surface area contributed by atoms with Crippen LogP contribution in [0.5, 0.6) is 0 Å². The largest absolute Gasteiger partial charge is 0.321 e. The van der Waals surface area contributed by atoms with Crippen molar-refractivity contribution < 1.29 is 4.79 Å². The topological polar surface area (TPSA) is 72.2 Å². The molecule has 3 aromatic heterocycles.